The zero-order chi connectivity index (χ0) is 21.7. The number of hydrogen-bond donors (Lipinski definition) is 0. The van der Waals surface area contributed by atoms with Gasteiger partial charge in [-0.3, -0.25) is 19.4 Å². The van der Waals surface area contributed by atoms with E-state index in [2.05, 4.69) is 6.58 Å². The molecule has 9 heteroatoms. The van der Waals surface area contributed by atoms with E-state index in [-0.39, 0.29) is 11.7 Å². The van der Waals surface area contributed by atoms with Gasteiger partial charge in [0.15, 0.2) is 12.1 Å². The van der Waals surface area contributed by atoms with Crippen molar-refractivity contribution in [2.45, 2.75) is 50.8 Å². The molecule has 4 atom stereocenters. The lowest BCUT2D eigenvalue weighted by Crippen LogP contribution is -2.79. The van der Waals surface area contributed by atoms with E-state index in [0.29, 0.717) is 16.3 Å². The minimum atomic E-state index is -1.51. The van der Waals surface area contributed by atoms with Crippen LogP contribution in [0.15, 0.2) is 36.4 Å². The Morgan fingerprint density at radius 1 is 1.31 bits per heavy atom. The van der Waals surface area contributed by atoms with Crippen LogP contribution in [0.25, 0.3) is 0 Å². The van der Waals surface area contributed by atoms with E-state index in [1.165, 1.54) is 16.7 Å². The first kappa shape index (κ1) is 21.7. The molecule has 0 radical (unpaired) electrons. The van der Waals surface area contributed by atoms with Crippen LogP contribution < -0.4 is 4.90 Å². The van der Waals surface area contributed by atoms with Crippen LogP contribution in [0.1, 0.15) is 27.7 Å². The molecule has 0 aromatic heterocycles. The topological polar surface area (TPSA) is 90.0 Å². The number of ether oxygens (including phenoxy) is 1. The van der Waals surface area contributed by atoms with Crippen LogP contribution in [0.4, 0.5) is 5.69 Å². The fraction of sp³-hybridized carbons (Fsp3) is 0.450. The second-order valence-electron chi connectivity index (χ2n) is 8.07. The van der Waals surface area contributed by atoms with Crippen molar-refractivity contribution in [2.75, 3.05) is 10.7 Å². The van der Waals surface area contributed by atoms with Gasteiger partial charge < -0.3 is 9.29 Å². The molecule has 3 unspecified atom stereocenters. The number of benzene rings is 1. The van der Waals surface area contributed by atoms with E-state index in [1.54, 1.807) is 45.0 Å². The third-order valence-corrected chi connectivity index (χ3v) is 6.60. The Kier molecular flexibility index (Phi) is 5.73. The zero-order valence-corrected chi connectivity index (χ0v) is 18.2. The predicted molar refractivity (Wildman–Crippen MR) is 111 cm³/mol. The van der Waals surface area contributed by atoms with E-state index in [1.807, 2.05) is 0 Å². The van der Waals surface area contributed by atoms with Crippen molar-refractivity contribution in [2.24, 2.45) is 0 Å². The average molecular weight is 439 g/mol. The molecule has 7 nitrogen and oxygen atoms in total. The van der Waals surface area contributed by atoms with E-state index in [4.69, 9.17) is 16.3 Å². The normalized spacial score (nSPS) is 26.5. The highest BCUT2D eigenvalue weighted by molar-refractivity contribution is 7.92. The molecule has 3 rings (SSSR count). The van der Waals surface area contributed by atoms with Crippen molar-refractivity contribution in [3.63, 3.8) is 0 Å². The fourth-order valence-electron chi connectivity index (χ4n) is 3.57. The maximum Gasteiger partial charge on any atom is 0.334 e. The van der Waals surface area contributed by atoms with Gasteiger partial charge in [-0.1, -0.05) is 18.2 Å². The lowest BCUT2D eigenvalue weighted by Gasteiger charge is -2.54. The van der Waals surface area contributed by atoms with Gasteiger partial charge in [-0.15, -0.1) is 0 Å². The van der Waals surface area contributed by atoms with Gasteiger partial charge in [0.05, 0.1) is 0 Å². The third kappa shape index (κ3) is 4.01. The van der Waals surface area contributed by atoms with Gasteiger partial charge >= 0.3 is 5.97 Å². The molecule has 2 amide bonds. The van der Waals surface area contributed by atoms with E-state index < -0.39 is 46.1 Å². The molecular weight excluding hydrogens is 416 g/mol. The number of anilines is 1. The molecule has 1 aromatic carbocycles. The molecule has 1 aromatic rings. The number of halogens is 1. The Hall–Kier alpha value is -2.03. The first-order valence-corrected chi connectivity index (χ1v) is 10.8. The molecular formula is C20H23ClN2O5S. The first-order chi connectivity index (χ1) is 13.4. The molecule has 2 fully saturated rings. The van der Waals surface area contributed by atoms with Crippen molar-refractivity contribution in [1.82, 2.24) is 4.90 Å². The molecule has 2 heterocycles. The molecule has 29 heavy (non-hydrogen) atoms. The van der Waals surface area contributed by atoms with Gasteiger partial charge in [-0.2, -0.15) is 0 Å². The summed E-state index contributed by atoms with van der Waals surface area (Å²) in [5.74, 6) is -1.40. The number of carbonyl (C=O) groups excluding carboxylic acids is 3. The molecule has 156 valence electrons. The highest BCUT2D eigenvalue weighted by Crippen LogP contribution is 2.40. The van der Waals surface area contributed by atoms with Gasteiger partial charge in [-0.25, -0.2) is 4.79 Å². The van der Waals surface area contributed by atoms with Crippen molar-refractivity contribution in [3.05, 3.63) is 41.4 Å². The Morgan fingerprint density at radius 3 is 2.41 bits per heavy atom. The SMILES string of the molecule is C=C1C[S+]([O-])[C@@H]2C(N(C(C)=O)c3ccc(Cl)cc3)C(=O)N2C1C(=O)OC(C)(C)C. The van der Waals surface area contributed by atoms with Crippen LogP contribution in [0, 0.1) is 0 Å². The van der Waals surface area contributed by atoms with Gasteiger partial charge in [0.1, 0.15) is 11.4 Å². The lowest BCUT2D eigenvalue weighted by molar-refractivity contribution is -0.169. The summed E-state index contributed by atoms with van der Waals surface area (Å²) >= 11 is 4.41. The number of fused-ring (bicyclic) bond motifs is 1. The average Bonchev–Trinajstić information content (AvgIpc) is 2.58. The molecule has 0 saturated carbocycles. The van der Waals surface area contributed by atoms with Crippen LogP contribution in [-0.2, 0) is 30.3 Å². The Balaban J connectivity index is 1.93. The number of esters is 1. The number of nitrogens with zero attached hydrogens (tertiary/aromatic N) is 2. The number of carbonyl (C=O) groups is 3. The summed E-state index contributed by atoms with van der Waals surface area (Å²) in [5.41, 5.74) is 0.0857. The van der Waals surface area contributed by atoms with Crippen molar-refractivity contribution in [3.8, 4) is 0 Å². The third-order valence-electron chi connectivity index (χ3n) is 4.67. The summed E-state index contributed by atoms with van der Waals surface area (Å²) in [6.07, 6.45) is 0. The molecule has 0 N–H and O–H groups in total. The Morgan fingerprint density at radius 2 is 1.90 bits per heavy atom. The van der Waals surface area contributed by atoms with E-state index in [9.17, 15) is 18.9 Å². The molecule has 2 saturated heterocycles. The minimum Gasteiger partial charge on any atom is -0.614 e. The predicted octanol–water partition coefficient (Wildman–Crippen LogP) is 2.26. The van der Waals surface area contributed by atoms with Crippen LogP contribution in [0.2, 0.25) is 5.02 Å². The van der Waals surface area contributed by atoms with Gasteiger partial charge in [-0.05, 0) is 56.2 Å². The van der Waals surface area contributed by atoms with Gasteiger partial charge in [0.2, 0.25) is 11.3 Å². The molecule has 0 spiro atoms. The maximum atomic E-state index is 13.1. The first-order valence-electron chi connectivity index (χ1n) is 9.07. The summed E-state index contributed by atoms with van der Waals surface area (Å²) in [6.45, 7) is 10.4. The monoisotopic (exact) mass is 438 g/mol. The summed E-state index contributed by atoms with van der Waals surface area (Å²) in [5, 5.41) is -0.327. The summed E-state index contributed by atoms with van der Waals surface area (Å²) < 4.78 is 18.3. The van der Waals surface area contributed by atoms with E-state index >= 15 is 0 Å². The summed E-state index contributed by atoms with van der Waals surface area (Å²) in [7, 11) is 0. The van der Waals surface area contributed by atoms with Crippen LogP contribution in [0.5, 0.6) is 0 Å². The standard InChI is InChI=1S/C20H23ClN2O5S/c1-11-10-29(27)18-16(22(12(2)24)14-8-6-13(21)7-9-14)17(25)23(18)15(11)19(26)28-20(3,4)5/h6-9,15-16,18H,1,10H2,2-5H3/t15?,16?,18-,29?/m1/s1. The minimum absolute atomic E-state index is 0.0568. The second-order valence-corrected chi connectivity index (χ2v) is 10.0. The van der Waals surface area contributed by atoms with Crippen molar-refractivity contribution in [1.29, 1.82) is 0 Å². The molecule has 2 aliphatic rings. The Bertz CT molecular complexity index is 867. The molecule has 0 bridgehead atoms. The summed E-state index contributed by atoms with van der Waals surface area (Å²) in [6, 6.07) is 4.48. The van der Waals surface area contributed by atoms with Gasteiger partial charge in [0, 0.05) is 23.2 Å². The molecule has 0 aliphatic carbocycles. The zero-order valence-electron chi connectivity index (χ0n) is 16.7. The van der Waals surface area contributed by atoms with Crippen LogP contribution in [0.3, 0.4) is 0 Å². The lowest BCUT2D eigenvalue weighted by atomic mass is 9.96. The largest absolute Gasteiger partial charge is 0.614 e. The van der Waals surface area contributed by atoms with Crippen molar-refractivity contribution >= 4 is 46.2 Å². The summed E-state index contributed by atoms with van der Waals surface area (Å²) in [4.78, 5) is 40.7. The fourth-order valence-corrected chi connectivity index (χ4v) is 5.40. The smallest absolute Gasteiger partial charge is 0.334 e. The number of amides is 2. The number of hydrogen-bond acceptors (Lipinski definition) is 5. The second kappa shape index (κ2) is 7.66. The maximum absolute atomic E-state index is 13.1. The van der Waals surface area contributed by atoms with Crippen molar-refractivity contribution < 1.29 is 23.7 Å². The number of β-lactam (4-membered cyclic amide) rings is 1. The van der Waals surface area contributed by atoms with E-state index in [0.717, 1.165) is 0 Å². The van der Waals surface area contributed by atoms with Crippen LogP contribution in [-0.4, -0.2) is 56.0 Å². The number of rotatable bonds is 3. The molecule has 2 aliphatic heterocycles. The highest BCUT2D eigenvalue weighted by atomic mass is 35.5. The van der Waals surface area contributed by atoms with Gasteiger partial charge in [0.25, 0.3) is 5.91 Å². The Labute approximate surface area is 177 Å². The van der Waals surface area contributed by atoms with Crippen LogP contribution >= 0.6 is 11.6 Å². The quantitative estimate of drug-likeness (QED) is 0.312. The highest BCUT2D eigenvalue weighted by Gasteiger charge is 2.65.